The second kappa shape index (κ2) is 5.61. The number of sulfone groups is 1. The van der Waals surface area contributed by atoms with Crippen LogP contribution in [0, 0.1) is 11.8 Å². The standard InChI is InChI=1S/C15H19F2NO3S/c1-10-8-18(9-11(2)15(10,16)17)14(19)12-4-6-13(7-5-12)22(3,20)21/h4-7,10-11H,8-9H2,1-3H3. The Bertz CT molecular complexity index is 657. The van der Waals surface area contributed by atoms with Gasteiger partial charge in [0, 0.05) is 36.7 Å². The van der Waals surface area contributed by atoms with Gasteiger partial charge < -0.3 is 4.90 Å². The zero-order valence-electron chi connectivity index (χ0n) is 12.7. The highest BCUT2D eigenvalue weighted by Crippen LogP contribution is 2.37. The minimum atomic E-state index is -3.33. The maximum Gasteiger partial charge on any atom is 0.256 e. The molecule has 1 heterocycles. The zero-order chi connectivity index (χ0) is 16.7. The van der Waals surface area contributed by atoms with Crippen molar-refractivity contribution in [2.45, 2.75) is 24.7 Å². The number of amides is 1. The number of halogens is 2. The van der Waals surface area contributed by atoms with E-state index in [4.69, 9.17) is 0 Å². The smallest absolute Gasteiger partial charge is 0.256 e. The van der Waals surface area contributed by atoms with Crippen molar-refractivity contribution < 1.29 is 22.0 Å². The van der Waals surface area contributed by atoms with Crippen LogP contribution in [0.3, 0.4) is 0 Å². The molecule has 0 aliphatic carbocycles. The van der Waals surface area contributed by atoms with Crippen molar-refractivity contribution in [3.63, 3.8) is 0 Å². The number of rotatable bonds is 2. The minimum absolute atomic E-state index is 0.00992. The van der Waals surface area contributed by atoms with E-state index in [1.54, 1.807) is 0 Å². The molecule has 0 N–H and O–H groups in total. The minimum Gasteiger partial charge on any atom is -0.338 e. The van der Waals surface area contributed by atoms with Crippen molar-refractivity contribution in [3.8, 4) is 0 Å². The van der Waals surface area contributed by atoms with Gasteiger partial charge in [-0.3, -0.25) is 4.79 Å². The van der Waals surface area contributed by atoms with E-state index in [1.165, 1.54) is 43.0 Å². The molecule has 122 valence electrons. The molecule has 0 aromatic heterocycles. The third-order valence-corrected chi connectivity index (χ3v) is 5.25. The molecule has 0 bridgehead atoms. The van der Waals surface area contributed by atoms with Gasteiger partial charge in [0.2, 0.25) is 0 Å². The predicted molar refractivity (Wildman–Crippen MR) is 78.7 cm³/mol. The summed E-state index contributed by atoms with van der Waals surface area (Å²) in [6.07, 6.45) is 1.08. The first-order valence-corrected chi connectivity index (χ1v) is 8.90. The van der Waals surface area contributed by atoms with Crippen LogP contribution in [-0.4, -0.2) is 44.5 Å². The van der Waals surface area contributed by atoms with E-state index in [1.807, 2.05) is 0 Å². The van der Waals surface area contributed by atoms with Crippen LogP contribution < -0.4 is 0 Å². The van der Waals surface area contributed by atoms with Gasteiger partial charge in [0.15, 0.2) is 9.84 Å². The number of benzene rings is 1. The lowest BCUT2D eigenvalue weighted by atomic mass is 9.87. The largest absolute Gasteiger partial charge is 0.338 e. The van der Waals surface area contributed by atoms with Crippen molar-refractivity contribution >= 4 is 15.7 Å². The summed E-state index contributed by atoms with van der Waals surface area (Å²) >= 11 is 0. The molecule has 22 heavy (non-hydrogen) atoms. The summed E-state index contributed by atoms with van der Waals surface area (Å²) in [5.41, 5.74) is 0.303. The number of carbonyl (C=O) groups is 1. The van der Waals surface area contributed by atoms with E-state index in [-0.39, 0.29) is 23.9 Å². The lowest BCUT2D eigenvalue weighted by Crippen LogP contribution is -2.53. The highest BCUT2D eigenvalue weighted by Gasteiger charge is 2.48. The monoisotopic (exact) mass is 331 g/mol. The van der Waals surface area contributed by atoms with Crippen LogP contribution in [-0.2, 0) is 9.84 Å². The summed E-state index contributed by atoms with van der Waals surface area (Å²) in [7, 11) is -3.33. The van der Waals surface area contributed by atoms with E-state index in [0.29, 0.717) is 5.56 Å². The van der Waals surface area contributed by atoms with Crippen LogP contribution in [0.2, 0.25) is 0 Å². The molecular formula is C15H19F2NO3S. The first-order valence-electron chi connectivity index (χ1n) is 7.00. The SMILES string of the molecule is CC1CN(C(=O)c2ccc(S(C)(=O)=O)cc2)CC(C)C1(F)F. The van der Waals surface area contributed by atoms with Gasteiger partial charge >= 0.3 is 0 Å². The van der Waals surface area contributed by atoms with Crippen molar-refractivity contribution in [1.29, 1.82) is 0 Å². The molecule has 4 nitrogen and oxygen atoms in total. The van der Waals surface area contributed by atoms with Gasteiger partial charge in [0.05, 0.1) is 4.90 Å². The molecule has 1 amide bonds. The number of hydrogen-bond acceptors (Lipinski definition) is 3. The molecule has 2 atom stereocenters. The lowest BCUT2D eigenvalue weighted by molar-refractivity contribution is -0.131. The summed E-state index contributed by atoms with van der Waals surface area (Å²) in [4.78, 5) is 13.9. The van der Waals surface area contributed by atoms with Crippen LogP contribution >= 0.6 is 0 Å². The second-order valence-corrected chi connectivity index (χ2v) is 8.00. The number of alkyl halides is 2. The fourth-order valence-corrected chi connectivity index (χ4v) is 3.29. The molecule has 1 fully saturated rings. The maximum absolute atomic E-state index is 13.8. The molecule has 2 unspecified atom stereocenters. The molecule has 0 saturated carbocycles. The lowest BCUT2D eigenvalue weighted by Gasteiger charge is -2.41. The number of hydrogen-bond donors (Lipinski definition) is 0. The molecule has 1 aliphatic heterocycles. The summed E-state index contributed by atoms with van der Waals surface area (Å²) in [5.74, 6) is -4.95. The second-order valence-electron chi connectivity index (χ2n) is 5.98. The van der Waals surface area contributed by atoms with Crippen molar-refractivity contribution in [2.75, 3.05) is 19.3 Å². The van der Waals surface area contributed by atoms with E-state index in [2.05, 4.69) is 0 Å². The molecule has 2 rings (SSSR count). The topological polar surface area (TPSA) is 54.5 Å². The zero-order valence-corrected chi connectivity index (χ0v) is 13.5. The van der Waals surface area contributed by atoms with Gasteiger partial charge in [0.25, 0.3) is 11.8 Å². The molecular weight excluding hydrogens is 312 g/mol. The van der Waals surface area contributed by atoms with Gasteiger partial charge in [-0.05, 0) is 24.3 Å². The Labute approximate surface area is 129 Å². The predicted octanol–water partition coefficient (Wildman–Crippen LogP) is 2.45. The number of piperidine rings is 1. The Morgan fingerprint density at radius 2 is 1.59 bits per heavy atom. The molecule has 1 aromatic rings. The van der Waals surface area contributed by atoms with Crippen molar-refractivity contribution in [3.05, 3.63) is 29.8 Å². The Balaban J connectivity index is 2.19. The van der Waals surface area contributed by atoms with E-state index in [9.17, 15) is 22.0 Å². The van der Waals surface area contributed by atoms with E-state index < -0.39 is 27.6 Å². The molecule has 0 radical (unpaired) electrons. The molecule has 1 saturated heterocycles. The van der Waals surface area contributed by atoms with E-state index in [0.717, 1.165) is 6.26 Å². The molecule has 0 spiro atoms. The van der Waals surface area contributed by atoms with Gasteiger partial charge in [-0.1, -0.05) is 13.8 Å². The highest BCUT2D eigenvalue weighted by molar-refractivity contribution is 7.90. The summed E-state index contributed by atoms with van der Waals surface area (Å²) in [6.45, 7) is 2.85. The normalized spacial score (nSPS) is 25.0. The fraction of sp³-hybridized carbons (Fsp3) is 0.533. The van der Waals surface area contributed by atoms with Gasteiger partial charge in [-0.25, -0.2) is 17.2 Å². The third-order valence-electron chi connectivity index (χ3n) is 4.12. The number of nitrogens with zero attached hydrogens (tertiary/aromatic N) is 1. The summed E-state index contributed by atoms with van der Waals surface area (Å²) in [5, 5.41) is 0. The Morgan fingerprint density at radius 1 is 1.14 bits per heavy atom. The van der Waals surface area contributed by atoms with Gasteiger partial charge in [-0.2, -0.15) is 0 Å². The van der Waals surface area contributed by atoms with Gasteiger partial charge in [-0.15, -0.1) is 0 Å². The maximum atomic E-state index is 13.8. The molecule has 1 aromatic carbocycles. The average molecular weight is 331 g/mol. The van der Waals surface area contributed by atoms with Crippen LogP contribution in [0.1, 0.15) is 24.2 Å². The summed E-state index contributed by atoms with van der Waals surface area (Å²) in [6, 6.07) is 5.55. The van der Waals surface area contributed by atoms with Crippen LogP contribution in [0.4, 0.5) is 8.78 Å². The first kappa shape index (κ1) is 16.9. The fourth-order valence-electron chi connectivity index (χ4n) is 2.66. The quantitative estimate of drug-likeness (QED) is 0.836. The number of likely N-dealkylation sites (tertiary alicyclic amines) is 1. The van der Waals surface area contributed by atoms with Crippen molar-refractivity contribution in [1.82, 2.24) is 4.90 Å². The van der Waals surface area contributed by atoms with Crippen LogP contribution in [0.15, 0.2) is 29.2 Å². The first-order chi connectivity index (χ1) is 10.0. The Morgan fingerprint density at radius 3 is 2.00 bits per heavy atom. The van der Waals surface area contributed by atoms with Crippen LogP contribution in [0.25, 0.3) is 0 Å². The number of carbonyl (C=O) groups excluding carboxylic acids is 1. The Kier molecular flexibility index (Phi) is 4.30. The third kappa shape index (κ3) is 3.14. The molecule has 1 aliphatic rings. The highest BCUT2D eigenvalue weighted by atomic mass is 32.2. The summed E-state index contributed by atoms with van der Waals surface area (Å²) < 4.78 is 50.4. The Hall–Kier alpha value is -1.50. The van der Waals surface area contributed by atoms with Gasteiger partial charge in [0.1, 0.15) is 0 Å². The average Bonchev–Trinajstić information content (AvgIpc) is 2.43. The van der Waals surface area contributed by atoms with Crippen LogP contribution in [0.5, 0.6) is 0 Å². The molecule has 7 heteroatoms. The van der Waals surface area contributed by atoms with Crippen molar-refractivity contribution in [2.24, 2.45) is 11.8 Å². The van der Waals surface area contributed by atoms with E-state index >= 15 is 0 Å².